The molecule has 1 aliphatic rings. The van der Waals surface area contributed by atoms with Crippen molar-refractivity contribution in [3.05, 3.63) is 11.5 Å². The minimum absolute atomic E-state index is 0.223. The summed E-state index contributed by atoms with van der Waals surface area (Å²) in [6.07, 6.45) is 3.85. The molecule has 6 heteroatoms. The van der Waals surface area contributed by atoms with Crippen molar-refractivity contribution >= 4 is 23.1 Å². The van der Waals surface area contributed by atoms with Gasteiger partial charge in [0.25, 0.3) is 0 Å². The lowest BCUT2D eigenvalue weighted by atomic mass is 10.0. The third-order valence-corrected chi connectivity index (χ3v) is 3.10. The van der Waals surface area contributed by atoms with E-state index in [1.165, 1.54) is 6.42 Å². The summed E-state index contributed by atoms with van der Waals surface area (Å²) in [4.78, 5) is 10.0. The molecule has 1 saturated heterocycles. The van der Waals surface area contributed by atoms with Crippen LogP contribution in [-0.2, 0) is 4.74 Å². The zero-order valence-electron chi connectivity index (χ0n) is 9.90. The second-order valence-electron chi connectivity index (χ2n) is 4.38. The van der Waals surface area contributed by atoms with E-state index in [1.54, 1.807) is 6.20 Å². The van der Waals surface area contributed by atoms with E-state index < -0.39 is 0 Å². The topological polar surface area (TPSA) is 64.3 Å². The predicted octanol–water partition coefficient (Wildman–Crippen LogP) is 1.57. The van der Waals surface area contributed by atoms with Crippen LogP contribution in [0.15, 0.2) is 6.20 Å². The molecule has 0 radical (unpaired) electrons. The standard InChI is InChI=1S/C11H17ClN4O/c1-16(6-8-3-2-4-17-7-8)10-9(13)5-14-11(12)15-10/h5,8H,2-4,6-7,13H2,1H3. The van der Waals surface area contributed by atoms with Gasteiger partial charge in [-0.2, -0.15) is 4.98 Å². The van der Waals surface area contributed by atoms with Crippen LogP contribution >= 0.6 is 11.6 Å². The molecule has 1 aromatic rings. The number of nitrogens with zero attached hydrogens (tertiary/aromatic N) is 3. The highest BCUT2D eigenvalue weighted by Crippen LogP contribution is 2.22. The maximum atomic E-state index is 5.84. The van der Waals surface area contributed by atoms with E-state index in [4.69, 9.17) is 22.1 Å². The SMILES string of the molecule is CN(CC1CCCOC1)c1nc(Cl)ncc1N. The van der Waals surface area contributed by atoms with Crippen molar-refractivity contribution in [3.63, 3.8) is 0 Å². The highest BCUT2D eigenvalue weighted by molar-refractivity contribution is 6.28. The Morgan fingerprint density at radius 1 is 1.65 bits per heavy atom. The van der Waals surface area contributed by atoms with Crippen molar-refractivity contribution in [2.75, 3.05) is 37.4 Å². The van der Waals surface area contributed by atoms with E-state index in [9.17, 15) is 0 Å². The summed E-state index contributed by atoms with van der Waals surface area (Å²) in [7, 11) is 1.96. The zero-order valence-corrected chi connectivity index (χ0v) is 10.7. The largest absolute Gasteiger partial charge is 0.394 e. The van der Waals surface area contributed by atoms with Gasteiger partial charge in [-0.15, -0.1) is 0 Å². The normalized spacial score (nSPS) is 20.2. The number of nitrogens with two attached hydrogens (primary N) is 1. The molecule has 94 valence electrons. The van der Waals surface area contributed by atoms with Gasteiger partial charge >= 0.3 is 0 Å². The summed E-state index contributed by atoms with van der Waals surface area (Å²) in [5.41, 5.74) is 6.39. The van der Waals surface area contributed by atoms with Crippen LogP contribution in [0.1, 0.15) is 12.8 Å². The third-order valence-electron chi connectivity index (χ3n) is 2.91. The van der Waals surface area contributed by atoms with Crippen LogP contribution < -0.4 is 10.6 Å². The molecule has 1 atom stereocenters. The molecular weight excluding hydrogens is 240 g/mol. The molecule has 2 N–H and O–H groups in total. The Bertz CT molecular complexity index is 382. The number of ether oxygens (including phenoxy) is 1. The fourth-order valence-corrected chi connectivity index (χ4v) is 2.22. The lowest BCUT2D eigenvalue weighted by Crippen LogP contribution is -2.31. The molecule has 1 unspecified atom stereocenters. The highest BCUT2D eigenvalue weighted by Gasteiger charge is 2.18. The molecule has 2 heterocycles. The Kier molecular flexibility index (Phi) is 4.02. The maximum Gasteiger partial charge on any atom is 0.224 e. The average molecular weight is 257 g/mol. The molecule has 2 rings (SSSR count). The third kappa shape index (κ3) is 3.20. The van der Waals surface area contributed by atoms with Gasteiger partial charge in [-0.25, -0.2) is 4.98 Å². The summed E-state index contributed by atoms with van der Waals surface area (Å²) in [6.45, 7) is 2.56. The molecular formula is C11H17ClN4O. The van der Waals surface area contributed by atoms with E-state index in [1.807, 2.05) is 11.9 Å². The lowest BCUT2D eigenvalue weighted by molar-refractivity contribution is 0.0576. The highest BCUT2D eigenvalue weighted by atomic mass is 35.5. The Labute approximate surface area is 106 Å². The number of hydrogen-bond donors (Lipinski definition) is 1. The van der Waals surface area contributed by atoms with Gasteiger partial charge in [0.1, 0.15) is 0 Å². The van der Waals surface area contributed by atoms with Gasteiger partial charge in [-0.1, -0.05) is 0 Å². The number of hydrogen-bond acceptors (Lipinski definition) is 5. The average Bonchev–Trinajstić information content (AvgIpc) is 2.33. The number of rotatable bonds is 3. The minimum Gasteiger partial charge on any atom is -0.394 e. The van der Waals surface area contributed by atoms with Crippen molar-refractivity contribution in [1.29, 1.82) is 0 Å². The van der Waals surface area contributed by atoms with E-state index in [0.29, 0.717) is 17.4 Å². The molecule has 17 heavy (non-hydrogen) atoms. The zero-order chi connectivity index (χ0) is 12.3. The van der Waals surface area contributed by atoms with Crippen molar-refractivity contribution in [2.45, 2.75) is 12.8 Å². The molecule has 0 aromatic carbocycles. The van der Waals surface area contributed by atoms with Crippen LogP contribution in [0.4, 0.5) is 11.5 Å². The second kappa shape index (κ2) is 5.51. The quantitative estimate of drug-likeness (QED) is 0.832. The summed E-state index contributed by atoms with van der Waals surface area (Å²) < 4.78 is 5.46. The molecule has 0 amide bonds. The minimum atomic E-state index is 0.223. The maximum absolute atomic E-state index is 5.84. The van der Waals surface area contributed by atoms with Crippen LogP contribution in [0.3, 0.4) is 0 Å². The first-order valence-corrected chi connectivity index (χ1v) is 6.11. The van der Waals surface area contributed by atoms with Crippen LogP contribution in [-0.4, -0.2) is 36.8 Å². The molecule has 0 saturated carbocycles. The molecule has 1 aliphatic heterocycles. The van der Waals surface area contributed by atoms with Gasteiger partial charge in [-0.05, 0) is 30.4 Å². The van der Waals surface area contributed by atoms with Gasteiger partial charge in [-0.3, -0.25) is 0 Å². The van der Waals surface area contributed by atoms with E-state index >= 15 is 0 Å². The number of aromatic nitrogens is 2. The van der Waals surface area contributed by atoms with Crippen LogP contribution in [0.25, 0.3) is 0 Å². The first-order chi connectivity index (χ1) is 8.16. The summed E-state index contributed by atoms with van der Waals surface area (Å²) in [5.74, 6) is 1.22. The molecule has 0 aliphatic carbocycles. The number of anilines is 2. The van der Waals surface area contributed by atoms with Gasteiger partial charge in [0.2, 0.25) is 5.28 Å². The van der Waals surface area contributed by atoms with Gasteiger partial charge in [0.15, 0.2) is 5.82 Å². The molecule has 5 nitrogen and oxygen atoms in total. The number of nitrogen functional groups attached to an aromatic ring is 1. The molecule has 1 aromatic heterocycles. The Morgan fingerprint density at radius 2 is 2.47 bits per heavy atom. The molecule has 1 fully saturated rings. The molecule has 0 spiro atoms. The van der Waals surface area contributed by atoms with E-state index in [0.717, 1.165) is 26.2 Å². The van der Waals surface area contributed by atoms with Gasteiger partial charge in [0, 0.05) is 20.2 Å². The number of halogens is 1. The van der Waals surface area contributed by atoms with Crippen LogP contribution in [0, 0.1) is 5.92 Å². The first-order valence-electron chi connectivity index (χ1n) is 5.73. The predicted molar refractivity (Wildman–Crippen MR) is 68.3 cm³/mol. The smallest absolute Gasteiger partial charge is 0.224 e. The van der Waals surface area contributed by atoms with Crippen LogP contribution in [0.2, 0.25) is 5.28 Å². The summed E-state index contributed by atoms with van der Waals surface area (Å²) in [5, 5.41) is 0.223. The second-order valence-corrected chi connectivity index (χ2v) is 4.72. The van der Waals surface area contributed by atoms with Crippen molar-refractivity contribution in [3.8, 4) is 0 Å². The van der Waals surface area contributed by atoms with E-state index in [-0.39, 0.29) is 5.28 Å². The van der Waals surface area contributed by atoms with E-state index in [2.05, 4.69) is 9.97 Å². The fraction of sp³-hybridized carbons (Fsp3) is 0.636. The van der Waals surface area contributed by atoms with Crippen LogP contribution in [0.5, 0.6) is 0 Å². The van der Waals surface area contributed by atoms with Gasteiger partial charge < -0.3 is 15.4 Å². The van der Waals surface area contributed by atoms with Gasteiger partial charge in [0.05, 0.1) is 18.5 Å². The summed E-state index contributed by atoms with van der Waals surface area (Å²) >= 11 is 5.77. The lowest BCUT2D eigenvalue weighted by Gasteiger charge is -2.28. The summed E-state index contributed by atoms with van der Waals surface area (Å²) in [6, 6.07) is 0. The molecule has 0 bridgehead atoms. The monoisotopic (exact) mass is 256 g/mol. The fourth-order valence-electron chi connectivity index (χ4n) is 2.09. The van der Waals surface area contributed by atoms with Crippen molar-refractivity contribution < 1.29 is 4.74 Å². The first kappa shape index (κ1) is 12.4. The Hall–Kier alpha value is -1.07. The Balaban J connectivity index is 2.02. The van der Waals surface area contributed by atoms with Crippen molar-refractivity contribution in [2.24, 2.45) is 5.92 Å². The Morgan fingerprint density at radius 3 is 3.18 bits per heavy atom. The van der Waals surface area contributed by atoms with Crippen molar-refractivity contribution in [1.82, 2.24) is 9.97 Å².